The molecular formula is C13H15ClF2N4. The van der Waals surface area contributed by atoms with Crippen molar-refractivity contribution in [3.8, 4) is 0 Å². The van der Waals surface area contributed by atoms with Gasteiger partial charge in [0.2, 0.25) is 0 Å². The Bertz CT molecular complexity index is 600. The fourth-order valence-corrected chi connectivity index (χ4v) is 2.25. The molecule has 1 aromatic heterocycles. The van der Waals surface area contributed by atoms with Crippen LogP contribution in [0.2, 0.25) is 5.02 Å². The van der Waals surface area contributed by atoms with Gasteiger partial charge in [0.15, 0.2) is 0 Å². The van der Waals surface area contributed by atoms with Gasteiger partial charge in [-0.15, -0.1) is 5.10 Å². The number of aromatic nitrogens is 3. The minimum absolute atomic E-state index is 0.175. The molecule has 7 heteroatoms. The first-order valence-corrected chi connectivity index (χ1v) is 6.66. The average Bonchev–Trinajstić information content (AvgIpc) is 2.85. The molecule has 1 aromatic carbocycles. The zero-order valence-electron chi connectivity index (χ0n) is 11.2. The van der Waals surface area contributed by atoms with E-state index in [1.807, 2.05) is 6.92 Å². The Hall–Kier alpha value is -1.53. The molecule has 0 radical (unpaired) electrons. The Morgan fingerprint density at radius 1 is 1.35 bits per heavy atom. The van der Waals surface area contributed by atoms with E-state index in [-0.39, 0.29) is 10.6 Å². The summed E-state index contributed by atoms with van der Waals surface area (Å²) in [6, 6.07) is 1.54. The first-order chi connectivity index (χ1) is 9.58. The minimum Gasteiger partial charge on any atom is -0.308 e. The van der Waals surface area contributed by atoms with Gasteiger partial charge in [-0.25, -0.2) is 13.5 Å². The Kier molecular flexibility index (Phi) is 4.67. The zero-order valence-corrected chi connectivity index (χ0v) is 12.0. The summed E-state index contributed by atoms with van der Waals surface area (Å²) in [5, 5.41) is 10.5. The summed E-state index contributed by atoms with van der Waals surface area (Å²) >= 11 is 5.57. The summed E-state index contributed by atoms with van der Waals surface area (Å²) in [5.41, 5.74) is 0.851. The highest BCUT2D eigenvalue weighted by molar-refractivity contribution is 6.30. The van der Waals surface area contributed by atoms with Crippen LogP contribution >= 0.6 is 11.6 Å². The fraction of sp³-hybridized carbons (Fsp3) is 0.385. The largest absolute Gasteiger partial charge is 0.308 e. The summed E-state index contributed by atoms with van der Waals surface area (Å²) in [7, 11) is 1.67. The molecule has 0 aliphatic heterocycles. The molecule has 2 rings (SSSR count). The van der Waals surface area contributed by atoms with Crippen molar-refractivity contribution in [1.82, 2.24) is 20.3 Å². The number of halogens is 3. The number of benzene rings is 1. The molecule has 1 atom stereocenters. The second kappa shape index (κ2) is 6.28. The number of hydrogen-bond donors (Lipinski definition) is 1. The van der Waals surface area contributed by atoms with Crippen molar-refractivity contribution < 1.29 is 8.78 Å². The molecule has 0 fully saturated rings. The standard InChI is InChI=1S/C13H15ClF2N4/c1-3-4-20-12(7-18-19-20)13(17-2)8-5-11(16)9(14)6-10(8)15/h5-7,13,17H,3-4H2,1-2H3. The third-order valence-corrected chi connectivity index (χ3v) is 3.31. The SMILES string of the molecule is CCCn1nncc1C(NC)c1cc(F)c(Cl)cc1F. The summed E-state index contributed by atoms with van der Waals surface area (Å²) < 4.78 is 29.3. The van der Waals surface area contributed by atoms with Crippen molar-refractivity contribution in [2.45, 2.75) is 25.9 Å². The van der Waals surface area contributed by atoms with E-state index in [9.17, 15) is 8.78 Å². The number of nitrogens with zero attached hydrogens (tertiary/aromatic N) is 3. The number of hydrogen-bond acceptors (Lipinski definition) is 3. The topological polar surface area (TPSA) is 42.7 Å². The highest BCUT2D eigenvalue weighted by Crippen LogP contribution is 2.27. The minimum atomic E-state index is -0.655. The van der Waals surface area contributed by atoms with Crippen LogP contribution in [0.1, 0.15) is 30.6 Å². The van der Waals surface area contributed by atoms with Gasteiger partial charge in [-0.1, -0.05) is 23.7 Å². The summed E-state index contributed by atoms with van der Waals surface area (Å²) in [6.07, 6.45) is 2.41. The van der Waals surface area contributed by atoms with Crippen molar-refractivity contribution in [2.75, 3.05) is 7.05 Å². The molecule has 0 aliphatic carbocycles. The molecule has 0 amide bonds. The first kappa shape index (κ1) is 14.9. The van der Waals surface area contributed by atoms with Gasteiger partial charge in [-0.05, 0) is 25.6 Å². The van der Waals surface area contributed by atoms with Gasteiger partial charge in [0.1, 0.15) is 11.6 Å². The average molecular weight is 301 g/mol. The fourth-order valence-electron chi connectivity index (χ4n) is 2.10. The number of rotatable bonds is 5. The van der Waals surface area contributed by atoms with Gasteiger partial charge in [0.25, 0.3) is 0 Å². The highest BCUT2D eigenvalue weighted by Gasteiger charge is 2.22. The summed E-state index contributed by atoms with van der Waals surface area (Å²) in [4.78, 5) is 0. The smallest absolute Gasteiger partial charge is 0.142 e. The normalized spacial score (nSPS) is 12.7. The van der Waals surface area contributed by atoms with Crippen molar-refractivity contribution in [2.24, 2.45) is 0 Å². The van der Waals surface area contributed by atoms with E-state index in [1.165, 1.54) is 0 Å². The van der Waals surface area contributed by atoms with Crippen LogP contribution < -0.4 is 5.32 Å². The lowest BCUT2D eigenvalue weighted by Gasteiger charge is -2.18. The molecule has 1 N–H and O–H groups in total. The third kappa shape index (κ3) is 2.81. The van der Waals surface area contributed by atoms with Crippen molar-refractivity contribution >= 4 is 11.6 Å². The Morgan fingerprint density at radius 3 is 2.75 bits per heavy atom. The predicted octanol–water partition coefficient (Wildman–Crippen LogP) is 2.93. The van der Waals surface area contributed by atoms with Gasteiger partial charge < -0.3 is 5.32 Å². The van der Waals surface area contributed by atoms with E-state index in [0.29, 0.717) is 12.2 Å². The van der Waals surface area contributed by atoms with Crippen LogP contribution in [0.4, 0.5) is 8.78 Å². The van der Waals surface area contributed by atoms with Crippen molar-refractivity contribution in [3.05, 3.63) is 46.2 Å². The third-order valence-electron chi connectivity index (χ3n) is 3.02. The van der Waals surface area contributed by atoms with E-state index in [0.717, 1.165) is 18.6 Å². The van der Waals surface area contributed by atoms with Gasteiger partial charge >= 0.3 is 0 Å². The molecule has 1 heterocycles. The predicted molar refractivity (Wildman–Crippen MR) is 72.6 cm³/mol. The molecular weight excluding hydrogens is 286 g/mol. The molecule has 20 heavy (non-hydrogen) atoms. The first-order valence-electron chi connectivity index (χ1n) is 6.28. The molecule has 0 saturated heterocycles. The van der Waals surface area contributed by atoms with E-state index >= 15 is 0 Å². The van der Waals surface area contributed by atoms with Crippen LogP contribution in [-0.4, -0.2) is 22.0 Å². The lowest BCUT2D eigenvalue weighted by molar-refractivity contribution is 0.504. The van der Waals surface area contributed by atoms with E-state index in [4.69, 9.17) is 11.6 Å². The molecule has 108 valence electrons. The van der Waals surface area contributed by atoms with Crippen molar-refractivity contribution in [3.63, 3.8) is 0 Å². The van der Waals surface area contributed by atoms with Crippen molar-refractivity contribution in [1.29, 1.82) is 0 Å². The maximum absolute atomic E-state index is 14.0. The Balaban J connectivity index is 2.47. The van der Waals surface area contributed by atoms with Gasteiger partial charge in [0.05, 0.1) is 23.0 Å². The Morgan fingerprint density at radius 2 is 2.10 bits per heavy atom. The number of aryl methyl sites for hydroxylation is 1. The molecule has 0 bridgehead atoms. The van der Waals surface area contributed by atoms with E-state index in [2.05, 4.69) is 15.6 Å². The summed E-state index contributed by atoms with van der Waals surface area (Å²) in [6.45, 7) is 2.66. The maximum atomic E-state index is 14.0. The molecule has 4 nitrogen and oxygen atoms in total. The van der Waals surface area contributed by atoms with Gasteiger partial charge in [-0.2, -0.15) is 0 Å². The molecule has 0 aliphatic rings. The maximum Gasteiger partial charge on any atom is 0.142 e. The molecule has 2 aromatic rings. The highest BCUT2D eigenvalue weighted by atomic mass is 35.5. The van der Waals surface area contributed by atoms with Gasteiger partial charge in [-0.3, -0.25) is 0 Å². The summed E-state index contributed by atoms with van der Waals surface area (Å²) in [5.74, 6) is -1.22. The lowest BCUT2D eigenvalue weighted by atomic mass is 10.0. The monoisotopic (exact) mass is 300 g/mol. The van der Waals surface area contributed by atoms with Crippen LogP contribution in [-0.2, 0) is 6.54 Å². The van der Waals surface area contributed by atoms with E-state index < -0.39 is 17.7 Å². The van der Waals surface area contributed by atoms with Crippen LogP contribution in [0.25, 0.3) is 0 Å². The lowest BCUT2D eigenvalue weighted by Crippen LogP contribution is -2.23. The van der Waals surface area contributed by atoms with Crippen LogP contribution in [0.15, 0.2) is 18.3 Å². The second-order valence-electron chi connectivity index (χ2n) is 4.39. The number of nitrogens with one attached hydrogen (secondary N) is 1. The molecule has 0 spiro atoms. The van der Waals surface area contributed by atoms with Crippen LogP contribution in [0.3, 0.4) is 0 Å². The zero-order chi connectivity index (χ0) is 14.7. The van der Waals surface area contributed by atoms with Crippen LogP contribution in [0.5, 0.6) is 0 Å². The van der Waals surface area contributed by atoms with Crippen LogP contribution in [0, 0.1) is 11.6 Å². The Labute approximate surface area is 120 Å². The molecule has 0 saturated carbocycles. The second-order valence-corrected chi connectivity index (χ2v) is 4.80. The quantitative estimate of drug-likeness (QED) is 0.863. The van der Waals surface area contributed by atoms with Gasteiger partial charge in [0, 0.05) is 12.1 Å². The van der Waals surface area contributed by atoms with E-state index in [1.54, 1.807) is 17.9 Å². The molecule has 1 unspecified atom stereocenters.